The van der Waals surface area contributed by atoms with E-state index in [1.165, 1.54) is 29.2 Å². The molecule has 0 radical (unpaired) electrons. The first-order valence-electron chi connectivity index (χ1n) is 5.51. The molecule has 0 amide bonds. The number of hydrogen-bond donors (Lipinski definition) is 1. The number of sulfonamides is 1. The van der Waals surface area contributed by atoms with Crippen molar-refractivity contribution in [3.05, 3.63) is 23.8 Å². The Balaban J connectivity index is 2.28. The Kier molecular flexibility index (Phi) is 4.51. The molecule has 1 N–H and O–H groups in total. The minimum atomic E-state index is -3.66. The van der Waals surface area contributed by atoms with Crippen LogP contribution in [0.1, 0.15) is 5.56 Å². The van der Waals surface area contributed by atoms with Crippen molar-refractivity contribution in [1.29, 1.82) is 0 Å². The van der Waals surface area contributed by atoms with Crippen molar-refractivity contribution in [2.24, 2.45) is 0 Å². The van der Waals surface area contributed by atoms with E-state index in [0.29, 0.717) is 10.1 Å². The number of methoxy groups -OCH3 is 1. The van der Waals surface area contributed by atoms with Crippen LogP contribution >= 0.6 is 23.1 Å². The zero-order chi connectivity index (χ0) is 14.8. The van der Waals surface area contributed by atoms with Gasteiger partial charge >= 0.3 is 0 Å². The number of aromatic nitrogens is 2. The lowest BCUT2D eigenvalue weighted by molar-refractivity contribution is 0.411. The van der Waals surface area contributed by atoms with Crippen molar-refractivity contribution < 1.29 is 13.2 Å². The molecule has 2 rings (SSSR count). The van der Waals surface area contributed by atoms with Gasteiger partial charge in [-0.3, -0.25) is 4.72 Å². The quantitative estimate of drug-likeness (QED) is 0.847. The summed E-state index contributed by atoms with van der Waals surface area (Å²) in [7, 11) is -2.12. The second-order valence-corrected chi connectivity index (χ2v) is 7.53. The first kappa shape index (κ1) is 15.1. The first-order chi connectivity index (χ1) is 9.46. The molecule has 0 saturated heterocycles. The second kappa shape index (κ2) is 5.98. The van der Waals surface area contributed by atoms with E-state index in [-0.39, 0.29) is 10.0 Å². The molecule has 1 heterocycles. The van der Waals surface area contributed by atoms with Crippen LogP contribution in [0.25, 0.3) is 0 Å². The van der Waals surface area contributed by atoms with E-state index in [1.54, 1.807) is 26.2 Å². The highest BCUT2D eigenvalue weighted by Gasteiger charge is 2.17. The molecule has 0 aliphatic rings. The number of nitrogens with one attached hydrogen (secondary N) is 1. The number of anilines is 1. The van der Waals surface area contributed by atoms with Gasteiger partial charge in [0.1, 0.15) is 5.75 Å². The van der Waals surface area contributed by atoms with Gasteiger partial charge in [-0.05, 0) is 36.9 Å². The van der Waals surface area contributed by atoms with Crippen molar-refractivity contribution in [3.8, 4) is 5.75 Å². The van der Waals surface area contributed by atoms with Crippen LogP contribution < -0.4 is 9.46 Å². The summed E-state index contributed by atoms with van der Waals surface area (Å²) in [5.41, 5.74) is 0.748. The van der Waals surface area contributed by atoms with Crippen LogP contribution in [0.4, 0.5) is 5.13 Å². The molecule has 0 saturated carbocycles. The van der Waals surface area contributed by atoms with Gasteiger partial charge in [0, 0.05) is 0 Å². The van der Waals surface area contributed by atoms with E-state index in [1.807, 2.05) is 6.26 Å². The number of aryl methyl sites for hydroxylation is 1. The highest BCUT2D eigenvalue weighted by atomic mass is 32.2. The summed E-state index contributed by atoms with van der Waals surface area (Å²) < 4.78 is 32.7. The summed E-state index contributed by atoms with van der Waals surface area (Å²) in [5.74, 6) is 0.643. The van der Waals surface area contributed by atoms with Gasteiger partial charge in [0.25, 0.3) is 10.0 Å². The highest BCUT2D eigenvalue weighted by Crippen LogP contribution is 2.26. The average molecular weight is 331 g/mol. The minimum absolute atomic E-state index is 0.164. The molecule has 0 spiro atoms. The fourth-order valence-electron chi connectivity index (χ4n) is 1.53. The van der Waals surface area contributed by atoms with Gasteiger partial charge in [-0.2, -0.15) is 0 Å². The first-order valence-corrected chi connectivity index (χ1v) is 9.03. The number of benzene rings is 1. The van der Waals surface area contributed by atoms with Gasteiger partial charge in [0.05, 0.1) is 12.0 Å². The van der Waals surface area contributed by atoms with Gasteiger partial charge in [-0.15, -0.1) is 10.2 Å². The zero-order valence-electron chi connectivity index (χ0n) is 11.1. The number of nitrogens with zero attached hydrogens (tertiary/aromatic N) is 2. The third-order valence-electron chi connectivity index (χ3n) is 2.48. The normalized spacial score (nSPS) is 11.3. The maximum absolute atomic E-state index is 12.2. The molecule has 108 valence electrons. The van der Waals surface area contributed by atoms with E-state index >= 15 is 0 Å². The van der Waals surface area contributed by atoms with E-state index < -0.39 is 10.0 Å². The van der Waals surface area contributed by atoms with Crippen molar-refractivity contribution in [3.63, 3.8) is 0 Å². The Morgan fingerprint density at radius 3 is 2.65 bits per heavy atom. The number of rotatable bonds is 5. The molecule has 20 heavy (non-hydrogen) atoms. The van der Waals surface area contributed by atoms with Crippen molar-refractivity contribution in [2.45, 2.75) is 16.2 Å². The molecule has 0 bridgehead atoms. The Morgan fingerprint density at radius 1 is 1.35 bits per heavy atom. The molecule has 0 aliphatic heterocycles. The summed E-state index contributed by atoms with van der Waals surface area (Å²) in [6.07, 6.45) is 1.85. The van der Waals surface area contributed by atoms with Crippen LogP contribution in [-0.4, -0.2) is 32.0 Å². The number of ether oxygens (including phenoxy) is 1. The van der Waals surface area contributed by atoms with Crippen LogP contribution in [0, 0.1) is 6.92 Å². The maximum atomic E-state index is 12.2. The van der Waals surface area contributed by atoms with Crippen LogP contribution in [0.15, 0.2) is 27.4 Å². The maximum Gasteiger partial charge on any atom is 0.263 e. The molecule has 1 aromatic heterocycles. The molecule has 2 aromatic rings. The van der Waals surface area contributed by atoms with Crippen LogP contribution in [-0.2, 0) is 10.0 Å². The fourth-order valence-corrected chi connectivity index (χ4v) is 4.01. The molecule has 1 aromatic carbocycles. The van der Waals surface area contributed by atoms with E-state index in [4.69, 9.17) is 4.74 Å². The minimum Gasteiger partial charge on any atom is -0.496 e. The highest BCUT2D eigenvalue weighted by molar-refractivity contribution is 8.00. The third-order valence-corrected chi connectivity index (χ3v) is 5.76. The molecule has 0 atom stereocenters. The molecule has 0 aliphatic carbocycles. The predicted octanol–water partition coefficient (Wildman–Crippen LogP) is 2.38. The van der Waals surface area contributed by atoms with E-state index in [9.17, 15) is 8.42 Å². The summed E-state index contributed by atoms with van der Waals surface area (Å²) >= 11 is 2.60. The van der Waals surface area contributed by atoms with Gasteiger partial charge < -0.3 is 4.74 Å². The molecule has 0 unspecified atom stereocenters. The molecule has 9 heteroatoms. The molecule has 0 fully saturated rings. The van der Waals surface area contributed by atoms with Crippen molar-refractivity contribution in [1.82, 2.24) is 10.2 Å². The monoisotopic (exact) mass is 331 g/mol. The third kappa shape index (κ3) is 3.22. The van der Waals surface area contributed by atoms with Crippen molar-refractivity contribution in [2.75, 3.05) is 18.1 Å². The summed E-state index contributed by atoms with van der Waals surface area (Å²) in [6.45, 7) is 1.79. The fraction of sp³-hybridized carbons (Fsp3) is 0.273. The zero-order valence-corrected chi connectivity index (χ0v) is 13.5. The largest absolute Gasteiger partial charge is 0.496 e. The van der Waals surface area contributed by atoms with Crippen molar-refractivity contribution >= 4 is 38.3 Å². The lowest BCUT2D eigenvalue weighted by Crippen LogP contribution is -2.13. The van der Waals surface area contributed by atoms with Gasteiger partial charge in [0.15, 0.2) is 4.34 Å². The van der Waals surface area contributed by atoms with Gasteiger partial charge in [-0.1, -0.05) is 23.1 Å². The smallest absolute Gasteiger partial charge is 0.263 e. The summed E-state index contributed by atoms with van der Waals surface area (Å²) in [4.78, 5) is 0.164. The Hall–Kier alpha value is -1.32. The SMILES string of the molecule is COc1ccc(S(=O)(=O)Nc2nnc(SC)s2)cc1C. The Bertz CT molecular complexity index is 713. The Labute approximate surface area is 125 Å². The van der Waals surface area contributed by atoms with Crippen LogP contribution in [0.3, 0.4) is 0 Å². The number of hydrogen-bond acceptors (Lipinski definition) is 7. The van der Waals surface area contributed by atoms with Crippen LogP contribution in [0.5, 0.6) is 5.75 Å². The lowest BCUT2D eigenvalue weighted by Gasteiger charge is -2.08. The molecular formula is C11H13N3O3S3. The molecule has 6 nitrogen and oxygen atoms in total. The van der Waals surface area contributed by atoms with E-state index in [2.05, 4.69) is 14.9 Å². The topological polar surface area (TPSA) is 81.2 Å². The molecular weight excluding hydrogens is 318 g/mol. The van der Waals surface area contributed by atoms with Gasteiger partial charge in [-0.25, -0.2) is 8.42 Å². The average Bonchev–Trinajstić information content (AvgIpc) is 2.85. The summed E-state index contributed by atoms with van der Waals surface area (Å²) in [5, 5.41) is 7.88. The predicted molar refractivity (Wildman–Crippen MR) is 80.2 cm³/mol. The lowest BCUT2D eigenvalue weighted by atomic mass is 10.2. The Morgan fingerprint density at radius 2 is 2.10 bits per heavy atom. The summed E-state index contributed by atoms with van der Waals surface area (Å²) in [6, 6.07) is 4.67. The van der Waals surface area contributed by atoms with Gasteiger partial charge in [0.2, 0.25) is 5.13 Å². The second-order valence-electron chi connectivity index (χ2n) is 3.81. The number of thioether (sulfide) groups is 1. The van der Waals surface area contributed by atoms with Crippen LogP contribution in [0.2, 0.25) is 0 Å². The van der Waals surface area contributed by atoms with E-state index in [0.717, 1.165) is 5.56 Å². The standard InChI is InChI=1S/C11H13N3O3S3/c1-7-6-8(4-5-9(7)17-2)20(15,16)14-10-12-13-11(18-3)19-10/h4-6H,1-3H3,(H,12,14).